The Balaban J connectivity index is 1.34. The first-order valence-corrected chi connectivity index (χ1v) is 8.86. The third-order valence-corrected chi connectivity index (χ3v) is 4.93. The summed E-state index contributed by atoms with van der Waals surface area (Å²) in [4.78, 5) is 12.4. The molecule has 6 heteroatoms. The highest BCUT2D eigenvalue weighted by Gasteiger charge is 2.34. The number of fused-ring (bicyclic) bond motifs is 2. The normalized spacial score (nSPS) is 24.7. The minimum Gasteiger partial charge on any atom is -0.437 e. The number of carbonyl (C=O) groups excluding carboxylic acids is 1. The van der Waals surface area contributed by atoms with Crippen LogP contribution < -0.4 is 15.4 Å². The van der Waals surface area contributed by atoms with Gasteiger partial charge in [0.05, 0.1) is 0 Å². The van der Waals surface area contributed by atoms with Crippen molar-refractivity contribution >= 4 is 11.6 Å². The molecule has 2 N–H and O–H groups in total. The van der Waals surface area contributed by atoms with Crippen LogP contribution in [0, 0.1) is 5.92 Å². The molecule has 2 fully saturated rings. The van der Waals surface area contributed by atoms with Crippen LogP contribution in [0.3, 0.4) is 0 Å². The zero-order chi connectivity index (χ0) is 17.1. The summed E-state index contributed by atoms with van der Waals surface area (Å²) in [6.45, 7) is 0. The third kappa shape index (κ3) is 4.14. The van der Waals surface area contributed by atoms with Gasteiger partial charge >= 0.3 is 0 Å². The van der Waals surface area contributed by atoms with Crippen molar-refractivity contribution in [1.29, 1.82) is 0 Å². The zero-order valence-corrected chi connectivity index (χ0v) is 14.0. The Morgan fingerprint density at radius 1 is 1.20 bits per heavy atom. The van der Waals surface area contributed by atoms with Gasteiger partial charge in [-0.2, -0.15) is 5.10 Å². The number of nitrogens with zero attached hydrogens (tertiary/aromatic N) is 2. The van der Waals surface area contributed by atoms with Crippen molar-refractivity contribution in [3.05, 3.63) is 42.6 Å². The highest BCUT2D eigenvalue weighted by Crippen LogP contribution is 2.33. The number of anilines is 1. The summed E-state index contributed by atoms with van der Waals surface area (Å²) in [5.41, 5.74) is 0.739. The summed E-state index contributed by atoms with van der Waals surface area (Å²) < 4.78 is 5.65. The first-order valence-electron chi connectivity index (χ1n) is 8.86. The van der Waals surface area contributed by atoms with Gasteiger partial charge in [-0.1, -0.05) is 6.07 Å². The summed E-state index contributed by atoms with van der Waals surface area (Å²) in [5, 5.41) is 14.3. The molecule has 0 saturated carbocycles. The highest BCUT2D eigenvalue weighted by atomic mass is 16.5. The second kappa shape index (κ2) is 7.19. The second-order valence-corrected chi connectivity index (χ2v) is 6.92. The van der Waals surface area contributed by atoms with Crippen molar-refractivity contribution in [3.63, 3.8) is 0 Å². The fraction of sp³-hybridized carbons (Fsp3) is 0.421. The van der Waals surface area contributed by atoms with Crippen LogP contribution in [0.2, 0.25) is 0 Å². The average molecular weight is 338 g/mol. The molecule has 3 heterocycles. The van der Waals surface area contributed by atoms with Crippen LogP contribution in [0.25, 0.3) is 0 Å². The van der Waals surface area contributed by atoms with Crippen LogP contribution in [0.4, 0.5) is 5.69 Å². The lowest BCUT2D eigenvalue weighted by Gasteiger charge is -2.28. The minimum atomic E-state index is 0.0722. The molecule has 2 aromatic rings. The number of aromatic nitrogens is 2. The van der Waals surface area contributed by atoms with E-state index in [0.717, 1.165) is 18.5 Å². The van der Waals surface area contributed by atoms with Gasteiger partial charge < -0.3 is 15.4 Å². The molecular formula is C19H22N4O2. The Hall–Kier alpha value is -2.47. The van der Waals surface area contributed by atoms with Crippen molar-refractivity contribution < 1.29 is 9.53 Å². The molecule has 2 aliphatic rings. The van der Waals surface area contributed by atoms with Gasteiger partial charge in [-0.3, -0.25) is 4.79 Å². The van der Waals surface area contributed by atoms with E-state index in [1.165, 1.54) is 12.8 Å². The predicted molar refractivity (Wildman–Crippen MR) is 94.5 cm³/mol. The summed E-state index contributed by atoms with van der Waals surface area (Å²) in [5.74, 6) is 1.61. The first-order chi connectivity index (χ1) is 12.2. The fourth-order valence-corrected chi connectivity index (χ4v) is 3.92. The molecule has 2 aliphatic heterocycles. The molecule has 0 radical (unpaired) electrons. The van der Waals surface area contributed by atoms with Gasteiger partial charge in [-0.15, -0.1) is 5.10 Å². The minimum absolute atomic E-state index is 0.0722. The van der Waals surface area contributed by atoms with E-state index >= 15 is 0 Å². The Morgan fingerprint density at radius 2 is 2.04 bits per heavy atom. The molecule has 2 saturated heterocycles. The lowest BCUT2D eigenvalue weighted by Crippen LogP contribution is -2.39. The molecule has 130 valence electrons. The van der Waals surface area contributed by atoms with Gasteiger partial charge in [0.25, 0.3) is 0 Å². The van der Waals surface area contributed by atoms with E-state index in [1.807, 2.05) is 18.2 Å². The molecule has 2 atom stereocenters. The van der Waals surface area contributed by atoms with E-state index in [9.17, 15) is 4.79 Å². The maximum atomic E-state index is 12.4. The summed E-state index contributed by atoms with van der Waals surface area (Å²) in [7, 11) is 0. The summed E-state index contributed by atoms with van der Waals surface area (Å²) in [6, 6.07) is 12.1. The van der Waals surface area contributed by atoms with Crippen molar-refractivity contribution in [3.8, 4) is 11.6 Å². The monoisotopic (exact) mass is 338 g/mol. The van der Waals surface area contributed by atoms with Gasteiger partial charge in [-0.05, 0) is 49.8 Å². The molecule has 6 nitrogen and oxygen atoms in total. The maximum Gasteiger partial charge on any atom is 0.238 e. The molecule has 4 rings (SSSR count). The Labute approximate surface area is 147 Å². The number of benzene rings is 1. The second-order valence-electron chi connectivity index (χ2n) is 6.92. The van der Waals surface area contributed by atoms with Crippen LogP contribution in [-0.2, 0) is 4.79 Å². The van der Waals surface area contributed by atoms with Crippen molar-refractivity contribution in [2.45, 2.75) is 44.2 Å². The number of ether oxygens (including phenoxy) is 1. The average Bonchev–Trinajstić information content (AvgIpc) is 2.94. The summed E-state index contributed by atoms with van der Waals surface area (Å²) >= 11 is 0. The number of nitrogens with one attached hydrogen (secondary N) is 2. The quantitative estimate of drug-likeness (QED) is 0.876. The number of hydrogen-bond donors (Lipinski definition) is 2. The topological polar surface area (TPSA) is 76.1 Å². The molecule has 1 amide bonds. The number of amides is 1. The Bertz CT molecular complexity index is 725. The van der Waals surface area contributed by atoms with E-state index in [4.69, 9.17) is 4.74 Å². The number of piperidine rings is 1. The molecule has 0 aliphatic carbocycles. The van der Waals surface area contributed by atoms with Gasteiger partial charge in [0.1, 0.15) is 5.75 Å². The van der Waals surface area contributed by atoms with E-state index in [0.29, 0.717) is 36.1 Å². The van der Waals surface area contributed by atoms with Crippen LogP contribution >= 0.6 is 0 Å². The molecule has 2 bridgehead atoms. The van der Waals surface area contributed by atoms with E-state index < -0.39 is 0 Å². The molecule has 1 aromatic heterocycles. The van der Waals surface area contributed by atoms with Crippen LogP contribution in [0.1, 0.15) is 32.1 Å². The Kier molecular flexibility index (Phi) is 4.61. The molecule has 2 unspecified atom stereocenters. The highest BCUT2D eigenvalue weighted by molar-refractivity contribution is 5.91. The SMILES string of the molecule is O=C(CC1CC2CCC(C1)N2)Nc1cccc(Oc2cccnn2)c1. The lowest BCUT2D eigenvalue weighted by atomic mass is 9.89. The van der Waals surface area contributed by atoms with Crippen molar-refractivity contribution in [1.82, 2.24) is 15.5 Å². The fourth-order valence-electron chi connectivity index (χ4n) is 3.92. The molecular weight excluding hydrogens is 316 g/mol. The lowest BCUT2D eigenvalue weighted by molar-refractivity contribution is -0.117. The zero-order valence-electron chi connectivity index (χ0n) is 14.0. The van der Waals surface area contributed by atoms with Crippen LogP contribution in [0.15, 0.2) is 42.6 Å². The van der Waals surface area contributed by atoms with E-state index in [-0.39, 0.29) is 5.91 Å². The smallest absolute Gasteiger partial charge is 0.238 e. The van der Waals surface area contributed by atoms with Crippen LogP contribution in [0.5, 0.6) is 11.6 Å². The molecule has 25 heavy (non-hydrogen) atoms. The number of hydrogen-bond acceptors (Lipinski definition) is 5. The van der Waals surface area contributed by atoms with Gasteiger partial charge in [0.2, 0.25) is 11.8 Å². The maximum absolute atomic E-state index is 12.4. The van der Waals surface area contributed by atoms with E-state index in [2.05, 4.69) is 20.8 Å². The molecule has 1 aromatic carbocycles. The first kappa shape index (κ1) is 16.0. The third-order valence-electron chi connectivity index (χ3n) is 4.93. The van der Waals surface area contributed by atoms with Gasteiger partial charge in [0, 0.05) is 42.5 Å². The van der Waals surface area contributed by atoms with Crippen molar-refractivity contribution in [2.75, 3.05) is 5.32 Å². The standard InChI is InChI=1S/C19H22N4O2/c24-18(11-13-9-15-6-7-16(10-13)21-15)22-14-3-1-4-17(12-14)25-19-5-2-8-20-23-19/h1-5,8,12-13,15-16,21H,6-7,9-11H2,(H,22,24). The van der Waals surface area contributed by atoms with Gasteiger partial charge in [0.15, 0.2) is 0 Å². The molecule has 0 spiro atoms. The largest absolute Gasteiger partial charge is 0.437 e. The number of carbonyl (C=O) groups is 1. The van der Waals surface area contributed by atoms with Crippen molar-refractivity contribution in [2.24, 2.45) is 5.92 Å². The number of rotatable bonds is 5. The van der Waals surface area contributed by atoms with Crippen LogP contribution in [-0.4, -0.2) is 28.2 Å². The summed E-state index contributed by atoms with van der Waals surface area (Å²) in [6.07, 6.45) is 6.91. The van der Waals surface area contributed by atoms with E-state index in [1.54, 1.807) is 24.4 Å². The Morgan fingerprint density at radius 3 is 2.80 bits per heavy atom. The predicted octanol–water partition coefficient (Wildman–Crippen LogP) is 3.13. The van der Waals surface area contributed by atoms with Gasteiger partial charge in [-0.25, -0.2) is 0 Å².